The number of unbranched alkanes of at least 4 members (excludes halogenated alkanes) is 2. The number of hydrogen-bond acceptors (Lipinski definition) is 9. The van der Waals surface area contributed by atoms with E-state index in [2.05, 4.69) is 46.7 Å². The normalized spacial score (nSPS) is 17.0. The minimum Gasteiger partial charge on any atom is -0.443 e. The summed E-state index contributed by atoms with van der Waals surface area (Å²) >= 11 is 0. The molecule has 0 spiro atoms. The van der Waals surface area contributed by atoms with E-state index in [0.717, 1.165) is 79.0 Å². The molecular weight excluding hydrogens is 813 g/mol. The van der Waals surface area contributed by atoms with Crippen molar-refractivity contribution in [3.63, 3.8) is 0 Å². The second-order valence-electron chi connectivity index (χ2n) is 19.1. The Morgan fingerprint density at radius 2 is 1.75 bits per heavy atom. The molecule has 2 aromatic heterocycles. The van der Waals surface area contributed by atoms with Gasteiger partial charge in [-0.15, -0.1) is 0 Å². The zero-order valence-corrected chi connectivity index (χ0v) is 38.6. The van der Waals surface area contributed by atoms with Gasteiger partial charge in [-0.1, -0.05) is 49.7 Å². The third-order valence-electron chi connectivity index (χ3n) is 11.7. The van der Waals surface area contributed by atoms with Crippen molar-refractivity contribution in [2.24, 2.45) is 0 Å². The number of carbonyl (C=O) groups excluding carboxylic acids is 5. The van der Waals surface area contributed by atoms with E-state index in [-0.39, 0.29) is 43.3 Å². The van der Waals surface area contributed by atoms with Crippen molar-refractivity contribution in [3.05, 3.63) is 94.3 Å². The van der Waals surface area contributed by atoms with Crippen molar-refractivity contribution in [1.29, 1.82) is 0 Å². The molecule has 63 heavy (non-hydrogen) atoms. The molecule has 3 aliphatic heterocycles. The first-order valence-electron chi connectivity index (χ1n) is 22.2. The summed E-state index contributed by atoms with van der Waals surface area (Å²) in [7, 11) is -1.32. The lowest BCUT2D eigenvalue weighted by atomic mass is 10.0. The number of likely N-dealkylation sites (tertiary alicyclic amines) is 2. The quantitative estimate of drug-likeness (QED) is 0.0574. The summed E-state index contributed by atoms with van der Waals surface area (Å²) in [6, 6.07) is 17.0. The van der Waals surface area contributed by atoms with Crippen molar-refractivity contribution >= 4 is 54.5 Å². The Balaban J connectivity index is 0.904. The first-order valence-corrected chi connectivity index (χ1v) is 26.0. The molecule has 5 heterocycles. The fraction of sp³-hybridized carbons (Fsp3) is 0.469. The molecule has 332 valence electrons. The average molecular weight is 873 g/mol. The number of pyridine rings is 1. The van der Waals surface area contributed by atoms with Crippen molar-refractivity contribution in [3.8, 4) is 11.8 Å². The molecule has 0 saturated carbocycles. The van der Waals surface area contributed by atoms with E-state index in [0.29, 0.717) is 48.5 Å². The molecule has 14 heteroatoms. The number of nitrogens with zero attached hydrogens (tertiary/aromatic N) is 5. The maximum absolute atomic E-state index is 13.6. The van der Waals surface area contributed by atoms with Crippen molar-refractivity contribution < 1.29 is 33.4 Å². The number of amides is 4. The number of aromatic nitrogens is 2. The Labute approximate surface area is 371 Å². The smallest absolute Gasteiger partial charge is 0.419 e. The van der Waals surface area contributed by atoms with E-state index in [1.807, 2.05) is 51.1 Å². The molecule has 0 aliphatic carbocycles. The van der Waals surface area contributed by atoms with Crippen molar-refractivity contribution in [2.75, 3.05) is 31.7 Å². The molecule has 2 aromatic carbocycles. The van der Waals surface area contributed by atoms with Gasteiger partial charge in [0.15, 0.2) is 0 Å². The van der Waals surface area contributed by atoms with Crippen LogP contribution >= 0.6 is 0 Å². The van der Waals surface area contributed by atoms with Crippen LogP contribution in [0.5, 0.6) is 0 Å². The predicted octanol–water partition coefficient (Wildman–Crippen LogP) is 8.22. The van der Waals surface area contributed by atoms with Crippen molar-refractivity contribution in [1.82, 2.24) is 24.3 Å². The highest BCUT2D eigenvalue weighted by molar-refractivity contribution is 6.76. The highest BCUT2D eigenvalue weighted by atomic mass is 28.3. The van der Waals surface area contributed by atoms with E-state index in [1.165, 1.54) is 4.90 Å². The molecule has 0 radical (unpaired) electrons. The number of rotatable bonds is 14. The second kappa shape index (κ2) is 19.4. The zero-order chi connectivity index (χ0) is 44.9. The van der Waals surface area contributed by atoms with Gasteiger partial charge in [-0.3, -0.25) is 29.0 Å². The van der Waals surface area contributed by atoms with Gasteiger partial charge in [0.05, 0.1) is 5.52 Å². The van der Waals surface area contributed by atoms with Crippen LogP contribution in [-0.2, 0) is 38.6 Å². The maximum Gasteiger partial charge on any atom is 0.419 e. The molecule has 4 aromatic rings. The van der Waals surface area contributed by atoms with Gasteiger partial charge in [-0.2, -0.15) is 0 Å². The highest BCUT2D eigenvalue weighted by Gasteiger charge is 2.43. The predicted molar refractivity (Wildman–Crippen MR) is 245 cm³/mol. The van der Waals surface area contributed by atoms with E-state index in [4.69, 9.17) is 9.47 Å². The summed E-state index contributed by atoms with van der Waals surface area (Å²) in [5, 5.41) is 3.70. The van der Waals surface area contributed by atoms with Crippen LogP contribution in [0.3, 0.4) is 0 Å². The van der Waals surface area contributed by atoms with E-state index in [1.54, 1.807) is 39.9 Å². The van der Waals surface area contributed by atoms with Gasteiger partial charge in [-0.05, 0) is 120 Å². The van der Waals surface area contributed by atoms with Gasteiger partial charge >= 0.3 is 6.09 Å². The standard InChI is InChI=1S/C49H60N6O7Si/c1-49(2,3)62-48(60)55-38(31-52-24-11-12-25-52)28-37-30-50-43(29-42(37)55)51-45(57)36-20-18-34(19-21-36)14-9-7-8-10-15-35-16-13-17-39-40(35)32-53(46(39)58)41-22-23-44(56)54(47(41)59)33-61-26-27-63(4,5)6/h13,16-21,28-30,41H,7-9,11-12,14,22-27,31-33H2,1-6H3,(H,50,51,57). The lowest BCUT2D eigenvalue weighted by molar-refractivity contribution is -0.158. The number of nitrogens with one attached hydrogen (secondary N) is 1. The number of piperidine rings is 1. The van der Waals surface area contributed by atoms with E-state index in [9.17, 15) is 24.0 Å². The van der Waals surface area contributed by atoms with Crippen LogP contribution in [0.15, 0.2) is 60.8 Å². The fourth-order valence-corrected chi connectivity index (χ4v) is 9.01. The fourth-order valence-electron chi connectivity index (χ4n) is 8.25. The summed E-state index contributed by atoms with van der Waals surface area (Å²) < 4.78 is 13.1. The zero-order valence-electron chi connectivity index (χ0n) is 37.6. The summed E-state index contributed by atoms with van der Waals surface area (Å²) in [6.07, 6.45) is 7.25. The molecule has 0 bridgehead atoms. The molecule has 1 N–H and O–H groups in total. The first-order chi connectivity index (χ1) is 30.0. The Morgan fingerprint density at radius 3 is 2.48 bits per heavy atom. The van der Waals surface area contributed by atoms with Gasteiger partial charge in [0.25, 0.3) is 17.7 Å². The van der Waals surface area contributed by atoms with Gasteiger partial charge in [-0.25, -0.2) is 14.3 Å². The molecule has 4 amide bonds. The number of ether oxygens (including phenoxy) is 2. The van der Waals surface area contributed by atoms with Gasteiger partial charge in [0.2, 0.25) is 5.91 Å². The number of carbonyl (C=O) groups is 5. The van der Waals surface area contributed by atoms with E-state index >= 15 is 0 Å². The molecule has 3 aliphatic rings. The maximum atomic E-state index is 13.6. The largest absolute Gasteiger partial charge is 0.443 e. The summed E-state index contributed by atoms with van der Waals surface area (Å²) in [6.45, 7) is 15.5. The van der Waals surface area contributed by atoms with Crippen LogP contribution in [0, 0.1) is 11.8 Å². The van der Waals surface area contributed by atoms with Gasteiger partial charge < -0.3 is 19.7 Å². The Morgan fingerprint density at radius 1 is 0.984 bits per heavy atom. The number of benzene rings is 2. The average Bonchev–Trinajstić information content (AvgIpc) is 3.96. The van der Waals surface area contributed by atoms with Crippen LogP contribution in [-0.4, -0.2) is 100 Å². The molecule has 7 rings (SSSR count). The third-order valence-corrected chi connectivity index (χ3v) is 13.4. The topological polar surface area (TPSA) is 143 Å². The van der Waals surface area contributed by atoms with Crippen LogP contribution < -0.4 is 5.32 Å². The van der Waals surface area contributed by atoms with Gasteiger partial charge in [0.1, 0.15) is 24.2 Å². The molecule has 13 nitrogen and oxygen atoms in total. The summed E-state index contributed by atoms with van der Waals surface area (Å²) in [4.78, 5) is 76.1. The van der Waals surface area contributed by atoms with Crippen LogP contribution in [0.25, 0.3) is 10.9 Å². The monoisotopic (exact) mass is 872 g/mol. The van der Waals surface area contributed by atoms with Gasteiger partial charge in [0, 0.05) is 80.6 Å². The highest BCUT2D eigenvalue weighted by Crippen LogP contribution is 2.31. The molecule has 2 fully saturated rings. The van der Waals surface area contributed by atoms with Crippen LogP contribution in [0.1, 0.15) is 109 Å². The molecule has 1 unspecified atom stereocenters. The van der Waals surface area contributed by atoms with Crippen LogP contribution in [0.4, 0.5) is 10.6 Å². The number of aryl methyl sites for hydroxylation is 1. The minimum absolute atomic E-state index is 0.0843. The Kier molecular flexibility index (Phi) is 14.0. The Hall–Kier alpha value is -5.62. The summed E-state index contributed by atoms with van der Waals surface area (Å²) in [5.41, 5.74) is 4.53. The number of hydrogen-bond donors (Lipinski definition) is 1. The molecular formula is C49H60N6O7Si. The second-order valence-corrected chi connectivity index (χ2v) is 24.7. The lowest BCUT2D eigenvalue weighted by Gasteiger charge is -2.35. The third kappa shape index (κ3) is 11.3. The number of fused-ring (bicyclic) bond motifs is 2. The number of anilines is 1. The number of imide groups is 1. The Bertz CT molecular complexity index is 2430. The molecule has 1 atom stereocenters. The lowest BCUT2D eigenvalue weighted by Crippen LogP contribution is -2.55. The van der Waals surface area contributed by atoms with E-state index < -0.39 is 25.8 Å². The van der Waals surface area contributed by atoms with Crippen molar-refractivity contribution in [2.45, 2.75) is 123 Å². The van der Waals surface area contributed by atoms with Crippen LogP contribution in [0.2, 0.25) is 25.7 Å². The minimum atomic E-state index is -1.32. The SMILES string of the molecule is CC(C)(C)OC(=O)n1c(CN2CCCC2)cc2cnc(NC(=O)c3ccc(CCCCC#Cc4cccc5c4CN(C4CCC(=O)N(COCC[Si](C)(C)C)C4=O)C5=O)cc3)cc21. The summed E-state index contributed by atoms with van der Waals surface area (Å²) in [5.74, 6) is 5.74. The molecule has 2 saturated heterocycles. The first kappa shape index (κ1) is 45.4.